The number of nitrogens with zero attached hydrogens (tertiary/aromatic N) is 7. The van der Waals surface area contributed by atoms with Gasteiger partial charge in [0.15, 0.2) is 0 Å². The molecule has 7 rings (SSSR count). The lowest BCUT2D eigenvalue weighted by atomic mass is 9.93. The number of anilines is 2. The molecule has 4 aromatic rings. The molecular formula is C27H26F3N7O3. The number of non-ortho nitro benzene ring substituents is 1. The first kappa shape index (κ1) is 24.9. The van der Waals surface area contributed by atoms with E-state index in [9.17, 15) is 23.3 Å². The number of rotatable bonds is 5. The number of halogens is 3. The quantitative estimate of drug-likeness (QED) is 0.228. The predicted octanol–water partition coefficient (Wildman–Crippen LogP) is 5.73. The molecule has 10 nitrogen and oxygen atoms in total. The van der Waals surface area contributed by atoms with E-state index in [1.54, 1.807) is 45.9 Å². The van der Waals surface area contributed by atoms with Crippen LogP contribution < -0.4 is 9.80 Å². The Hall–Kier alpha value is -4.16. The van der Waals surface area contributed by atoms with Gasteiger partial charge in [-0.1, -0.05) is 0 Å². The Kier molecular flexibility index (Phi) is 5.55. The minimum absolute atomic E-state index is 0.0104. The Balaban J connectivity index is 1.23. The second-order valence-electron chi connectivity index (χ2n) is 11.1. The van der Waals surface area contributed by atoms with E-state index in [-0.39, 0.29) is 37.0 Å². The number of nitro groups is 1. The summed E-state index contributed by atoms with van der Waals surface area (Å²) in [6, 6.07) is 9.90. The maximum atomic E-state index is 13.4. The lowest BCUT2D eigenvalue weighted by molar-refractivity contribution is -0.384. The van der Waals surface area contributed by atoms with E-state index in [0.717, 1.165) is 25.9 Å². The van der Waals surface area contributed by atoms with Crippen molar-refractivity contribution in [3.8, 4) is 22.9 Å². The molecule has 0 radical (unpaired) electrons. The summed E-state index contributed by atoms with van der Waals surface area (Å²) < 4.78 is 47.8. The fourth-order valence-corrected chi connectivity index (χ4v) is 6.02. The monoisotopic (exact) mass is 553 g/mol. The van der Waals surface area contributed by atoms with Crippen molar-refractivity contribution >= 4 is 22.7 Å². The van der Waals surface area contributed by atoms with Crippen molar-refractivity contribution in [2.75, 3.05) is 36.0 Å². The average Bonchev–Trinajstić information content (AvgIpc) is 3.40. The average molecular weight is 554 g/mol. The van der Waals surface area contributed by atoms with Gasteiger partial charge in [0.2, 0.25) is 11.8 Å². The Labute approximate surface area is 226 Å². The minimum atomic E-state index is -4.26. The van der Waals surface area contributed by atoms with Crippen molar-refractivity contribution in [2.45, 2.75) is 38.3 Å². The van der Waals surface area contributed by atoms with Crippen LogP contribution in [0.15, 0.2) is 47.0 Å². The number of hydrogen-bond acceptors (Lipinski definition) is 8. The molecule has 0 N–H and O–H groups in total. The summed E-state index contributed by atoms with van der Waals surface area (Å²) in [5.74, 6) is -0.462. The van der Waals surface area contributed by atoms with E-state index in [1.807, 2.05) is 0 Å². The molecule has 1 aromatic carbocycles. The van der Waals surface area contributed by atoms with Gasteiger partial charge in [-0.05, 0) is 61.8 Å². The van der Waals surface area contributed by atoms with E-state index in [4.69, 9.17) is 4.42 Å². The van der Waals surface area contributed by atoms with E-state index in [1.165, 1.54) is 18.9 Å². The molecule has 1 aliphatic carbocycles. The zero-order valence-electron chi connectivity index (χ0n) is 21.5. The van der Waals surface area contributed by atoms with Gasteiger partial charge >= 0.3 is 6.18 Å². The summed E-state index contributed by atoms with van der Waals surface area (Å²) in [6.45, 7) is 1.69. The molecule has 3 aromatic heterocycles. The van der Waals surface area contributed by atoms with Gasteiger partial charge in [-0.2, -0.15) is 18.3 Å². The van der Waals surface area contributed by atoms with Crippen LogP contribution in [-0.2, 0) is 0 Å². The molecule has 5 heterocycles. The number of benzene rings is 1. The van der Waals surface area contributed by atoms with Crippen LogP contribution in [-0.4, -0.2) is 57.1 Å². The third-order valence-electron chi connectivity index (χ3n) is 8.67. The molecule has 208 valence electrons. The molecule has 0 amide bonds. The molecule has 1 saturated carbocycles. The summed E-state index contributed by atoms with van der Waals surface area (Å²) in [5, 5.41) is 24.4. The number of aromatic nitrogens is 4. The molecule has 2 saturated heterocycles. The first-order chi connectivity index (χ1) is 19.2. The van der Waals surface area contributed by atoms with Gasteiger partial charge in [-0.15, -0.1) is 10.2 Å². The van der Waals surface area contributed by atoms with Crippen molar-refractivity contribution in [1.82, 2.24) is 19.8 Å². The lowest BCUT2D eigenvalue weighted by Gasteiger charge is -2.34. The van der Waals surface area contributed by atoms with Crippen LogP contribution in [0.2, 0.25) is 0 Å². The smallest absolute Gasteiger partial charge is 0.393 e. The Morgan fingerprint density at radius 2 is 1.75 bits per heavy atom. The summed E-state index contributed by atoms with van der Waals surface area (Å²) in [7, 11) is 0. The molecule has 3 aliphatic rings. The highest BCUT2D eigenvalue weighted by Crippen LogP contribution is 2.54. The zero-order valence-corrected chi connectivity index (χ0v) is 21.5. The summed E-state index contributed by atoms with van der Waals surface area (Å²) >= 11 is 0. The van der Waals surface area contributed by atoms with Crippen molar-refractivity contribution < 1.29 is 22.5 Å². The summed E-state index contributed by atoms with van der Waals surface area (Å²) in [6.07, 6.45) is 1.93. The molecule has 13 heteroatoms. The Morgan fingerprint density at radius 3 is 2.45 bits per heavy atom. The second-order valence-corrected chi connectivity index (χ2v) is 11.1. The third-order valence-corrected chi connectivity index (χ3v) is 8.67. The van der Waals surface area contributed by atoms with Crippen molar-refractivity contribution in [2.24, 2.45) is 11.3 Å². The standard InChI is InChI=1S/C27H26F3N7O3/c28-27(29,30)18-4-10-35(16-18)23-14-17(13-19-3-9-31-36(19)23)24-32-33-25(40-24)21-2-1-20(37(38)39)15-22(21)34-11-7-26(5-6-26)8-12-34/h1-3,9,13-15,18H,4-8,10-12,16H2. The zero-order chi connectivity index (χ0) is 27.6. The van der Waals surface area contributed by atoms with E-state index < -0.39 is 17.0 Å². The minimum Gasteiger partial charge on any atom is -0.416 e. The normalized spacial score (nSPS) is 20.5. The Bertz CT molecular complexity index is 1600. The maximum absolute atomic E-state index is 13.4. The number of fused-ring (bicyclic) bond motifs is 1. The first-order valence-corrected chi connectivity index (χ1v) is 13.4. The molecule has 1 spiro atoms. The van der Waals surface area contributed by atoms with Crippen LogP contribution in [0, 0.1) is 21.4 Å². The van der Waals surface area contributed by atoms with Gasteiger partial charge in [-0.3, -0.25) is 10.1 Å². The van der Waals surface area contributed by atoms with E-state index in [2.05, 4.69) is 20.2 Å². The number of nitro benzene ring substituents is 1. The van der Waals surface area contributed by atoms with Crippen LogP contribution in [0.25, 0.3) is 28.4 Å². The van der Waals surface area contributed by atoms with Crippen molar-refractivity contribution in [3.05, 3.63) is 52.7 Å². The molecule has 3 fully saturated rings. The number of alkyl halides is 3. The fourth-order valence-electron chi connectivity index (χ4n) is 6.02. The molecule has 2 aliphatic heterocycles. The van der Waals surface area contributed by atoms with Crippen LogP contribution in [0.1, 0.15) is 32.1 Å². The molecule has 0 bridgehead atoms. The van der Waals surface area contributed by atoms with Gasteiger partial charge in [-0.25, -0.2) is 4.52 Å². The largest absolute Gasteiger partial charge is 0.416 e. The second kappa shape index (κ2) is 8.93. The SMILES string of the molecule is O=[N+]([O-])c1ccc(-c2nnc(-c3cc(N4CCC(C(F)(F)F)C4)n4nccc4c3)o2)c(N2CCC3(CC2)CC3)c1. The van der Waals surface area contributed by atoms with Crippen LogP contribution >= 0.6 is 0 Å². The summed E-state index contributed by atoms with van der Waals surface area (Å²) in [4.78, 5) is 15.0. The van der Waals surface area contributed by atoms with Gasteiger partial charge < -0.3 is 14.2 Å². The highest BCUT2D eigenvalue weighted by molar-refractivity contribution is 5.77. The van der Waals surface area contributed by atoms with Crippen LogP contribution in [0.5, 0.6) is 0 Å². The molecule has 1 unspecified atom stereocenters. The Morgan fingerprint density at radius 1 is 0.975 bits per heavy atom. The predicted molar refractivity (Wildman–Crippen MR) is 140 cm³/mol. The van der Waals surface area contributed by atoms with Gasteiger partial charge in [0.05, 0.1) is 33.8 Å². The third kappa shape index (κ3) is 4.33. The highest BCUT2D eigenvalue weighted by atomic mass is 19.4. The van der Waals surface area contributed by atoms with Crippen LogP contribution in [0.3, 0.4) is 0 Å². The van der Waals surface area contributed by atoms with Gasteiger partial charge in [0.1, 0.15) is 5.82 Å². The lowest BCUT2D eigenvalue weighted by Crippen LogP contribution is -2.34. The number of hydrogen-bond donors (Lipinski definition) is 0. The van der Waals surface area contributed by atoms with Gasteiger partial charge in [0.25, 0.3) is 5.69 Å². The summed E-state index contributed by atoms with van der Waals surface area (Å²) in [5.41, 5.74) is 2.95. The fraction of sp³-hybridized carbons (Fsp3) is 0.444. The topological polar surface area (TPSA) is 106 Å². The molecule has 40 heavy (non-hydrogen) atoms. The van der Waals surface area contributed by atoms with Crippen molar-refractivity contribution in [1.29, 1.82) is 0 Å². The number of pyridine rings is 1. The van der Waals surface area contributed by atoms with E-state index >= 15 is 0 Å². The number of piperidine rings is 1. The first-order valence-electron chi connectivity index (χ1n) is 13.4. The molecular weight excluding hydrogens is 527 g/mol. The van der Waals surface area contributed by atoms with Crippen molar-refractivity contribution in [3.63, 3.8) is 0 Å². The molecule has 1 atom stereocenters. The van der Waals surface area contributed by atoms with Gasteiger partial charge in [0, 0.05) is 43.9 Å². The maximum Gasteiger partial charge on any atom is 0.393 e. The van der Waals surface area contributed by atoms with Crippen LogP contribution in [0.4, 0.5) is 30.4 Å². The highest BCUT2D eigenvalue weighted by Gasteiger charge is 2.45. The van der Waals surface area contributed by atoms with E-state index in [0.29, 0.717) is 33.6 Å².